The average molecular weight is 373 g/mol. The Morgan fingerprint density at radius 3 is 2.67 bits per heavy atom. The maximum absolute atomic E-state index is 12.8. The smallest absolute Gasteiger partial charge is 0.410 e. The van der Waals surface area contributed by atoms with Crippen LogP contribution >= 0.6 is 0 Å². The third-order valence-corrected chi connectivity index (χ3v) is 4.90. The number of rotatable bonds is 7. The number of nitrogens with zero attached hydrogens (tertiary/aromatic N) is 2. The number of hydrogen-bond donors (Lipinski definition) is 0. The minimum Gasteiger partial charge on any atom is -0.444 e. The van der Waals surface area contributed by atoms with Gasteiger partial charge >= 0.3 is 6.09 Å². The van der Waals surface area contributed by atoms with Crippen LogP contribution in [0.1, 0.15) is 51.2 Å². The van der Waals surface area contributed by atoms with Crippen molar-refractivity contribution in [2.75, 3.05) is 13.7 Å². The van der Waals surface area contributed by atoms with Gasteiger partial charge in [0.25, 0.3) is 0 Å². The number of aromatic nitrogens is 1. The molecule has 0 spiro atoms. The summed E-state index contributed by atoms with van der Waals surface area (Å²) < 4.78 is 13.2. The summed E-state index contributed by atoms with van der Waals surface area (Å²) in [5.74, 6) is 0. The fourth-order valence-electron chi connectivity index (χ4n) is 3.55. The van der Waals surface area contributed by atoms with Crippen molar-refractivity contribution in [3.05, 3.63) is 35.5 Å². The van der Waals surface area contributed by atoms with Crippen LogP contribution in [-0.2, 0) is 22.6 Å². The Labute approximate surface area is 162 Å². The highest BCUT2D eigenvalue weighted by molar-refractivity contribution is 5.87. The highest BCUT2D eigenvalue weighted by atomic mass is 16.6. The molecule has 0 radical (unpaired) electrons. The quantitative estimate of drug-likeness (QED) is 0.650. The van der Waals surface area contributed by atoms with E-state index in [1.54, 1.807) is 7.11 Å². The number of amides is 1. The van der Waals surface area contributed by atoms with Crippen LogP contribution < -0.4 is 0 Å². The van der Waals surface area contributed by atoms with Crippen molar-refractivity contribution >= 4 is 17.0 Å². The number of fused-ring (bicyclic) bond motifs is 1. The molecule has 1 heterocycles. The van der Waals surface area contributed by atoms with Gasteiger partial charge in [-0.05, 0) is 64.2 Å². The molecule has 5 heteroatoms. The summed E-state index contributed by atoms with van der Waals surface area (Å²) in [7, 11) is 1.73. The first-order valence-electron chi connectivity index (χ1n) is 9.86. The number of ether oxygens (including phenoxy) is 2. The molecule has 0 saturated heterocycles. The molecule has 2 aromatic rings. The van der Waals surface area contributed by atoms with Gasteiger partial charge in [-0.15, -0.1) is 0 Å². The number of carbonyl (C=O) groups is 1. The summed E-state index contributed by atoms with van der Waals surface area (Å²) in [6.45, 7) is 10.1. The van der Waals surface area contributed by atoms with E-state index in [-0.39, 0.29) is 6.09 Å². The van der Waals surface area contributed by atoms with E-state index in [1.165, 1.54) is 22.0 Å². The predicted molar refractivity (Wildman–Crippen MR) is 108 cm³/mol. The van der Waals surface area contributed by atoms with Crippen LogP contribution in [0.15, 0.2) is 24.4 Å². The third-order valence-electron chi connectivity index (χ3n) is 4.90. The zero-order valence-electron chi connectivity index (χ0n) is 17.2. The SMILES string of the molecule is COCCCn1cc(CN(C(=O)OC(C)(C)C)C2CC2)c2c(C)cccc21. The Balaban J connectivity index is 1.89. The monoisotopic (exact) mass is 372 g/mol. The number of benzene rings is 1. The lowest BCUT2D eigenvalue weighted by Crippen LogP contribution is -2.37. The number of hydrogen-bond acceptors (Lipinski definition) is 3. The van der Waals surface area contributed by atoms with Crippen molar-refractivity contribution in [3.8, 4) is 0 Å². The molecule has 1 aromatic carbocycles. The fraction of sp³-hybridized carbons (Fsp3) is 0.591. The van der Waals surface area contributed by atoms with E-state index in [0.29, 0.717) is 12.6 Å². The molecule has 3 rings (SSSR count). The van der Waals surface area contributed by atoms with E-state index in [2.05, 4.69) is 35.9 Å². The van der Waals surface area contributed by atoms with Crippen molar-refractivity contribution in [1.82, 2.24) is 9.47 Å². The topological polar surface area (TPSA) is 43.7 Å². The molecule has 27 heavy (non-hydrogen) atoms. The molecule has 0 aliphatic heterocycles. The maximum Gasteiger partial charge on any atom is 0.410 e. The predicted octanol–water partition coefficient (Wildman–Crippen LogP) is 4.89. The lowest BCUT2D eigenvalue weighted by Gasteiger charge is -2.27. The summed E-state index contributed by atoms with van der Waals surface area (Å²) in [6, 6.07) is 6.70. The lowest BCUT2D eigenvalue weighted by molar-refractivity contribution is 0.0217. The molecule has 1 amide bonds. The standard InChI is InChI=1S/C22H32N2O3/c1-16-8-6-9-19-20(16)17(14-23(19)12-7-13-26-5)15-24(18-10-11-18)21(25)27-22(2,3)4/h6,8-9,14,18H,7,10-13,15H2,1-5H3. The molecule has 0 unspecified atom stereocenters. The largest absolute Gasteiger partial charge is 0.444 e. The molecule has 1 aromatic heterocycles. The molecule has 0 bridgehead atoms. The highest BCUT2D eigenvalue weighted by Gasteiger charge is 2.35. The van der Waals surface area contributed by atoms with E-state index < -0.39 is 5.60 Å². The van der Waals surface area contributed by atoms with Gasteiger partial charge in [-0.25, -0.2) is 4.79 Å². The molecule has 1 saturated carbocycles. The molecule has 0 atom stereocenters. The first-order chi connectivity index (χ1) is 12.8. The molecule has 1 aliphatic carbocycles. The van der Waals surface area contributed by atoms with Gasteiger partial charge in [0.2, 0.25) is 0 Å². The van der Waals surface area contributed by atoms with Gasteiger partial charge in [0.15, 0.2) is 0 Å². The summed E-state index contributed by atoms with van der Waals surface area (Å²) >= 11 is 0. The van der Waals surface area contributed by atoms with Crippen LogP contribution in [-0.4, -0.2) is 40.9 Å². The van der Waals surface area contributed by atoms with E-state index in [0.717, 1.165) is 32.4 Å². The molecule has 0 N–H and O–H groups in total. The Hall–Kier alpha value is -2.01. The van der Waals surface area contributed by atoms with Crippen molar-refractivity contribution in [2.24, 2.45) is 0 Å². The molecule has 1 aliphatic rings. The first kappa shape index (κ1) is 19.7. The van der Waals surface area contributed by atoms with E-state index in [9.17, 15) is 4.79 Å². The average Bonchev–Trinajstić information content (AvgIpc) is 3.35. The van der Waals surface area contributed by atoms with E-state index >= 15 is 0 Å². The Bertz CT molecular complexity index is 800. The third kappa shape index (κ3) is 4.83. The minimum absolute atomic E-state index is 0.209. The van der Waals surface area contributed by atoms with Crippen molar-refractivity contribution in [1.29, 1.82) is 0 Å². The summed E-state index contributed by atoms with van der Waals surface area (Å²) in [4.78, 5) is 14.7. The van der Waals surface area contributed by atoms with Crippen LogP contribution in [0, 0.1) is 6.92 Å². The van der Waals surface area contributed by atoms with Gasteiger partial charge < -0.3 is 18.9 Å². The number of aryl methyl sites for hydroxylation is 2. The zero-order valence-corrected chi connectivity index (χ0v) is 17.2. The maximum atomic E-state index is 12.8. The van der Waals surface area contributed by atoms with Gasteiger partial charge in [-0.2, -0.15) is 0 Å². The van der Waals surface area contributed by atoms with Crippen LogP contribution in [0.25, 0.3) is 10.9 Å². The van der Waals surface area contributed by atoms with Crippen molar-refractivity contribution < 1.29 is 14.3 Å². The Morgan fingerprint density at radius 1 is 1.30 bits per heavy atom. The van der Waals surface area contributed by atoms with Crippen LogP contribution in [0.3, 0.4) is 0 Å². The first-order valence-corrected chi connectivity index (χ1v) is 9.86. The highest BCUT2D eigenvalue weighted by Crippen LogP contribution is 2.33. The Morgan fingerprint density at radius 2 is 2.04 bits per heavy atom. The van der Waals surface area contributed by atoms with Crippen molar-refractivity contribution in [3.63, 3.8) is 0 Å². The minimum atomic E-state index is -0.478. The second kappa shape index (κ2) is 7.93. The molecular weight excluding hydrogens is 340 g/mol. The van der Waals surface area contributed by atoms with Gasteiger partial charge in [0.1, 0.15) is 5.60 Å². The van der Waals surface area contributed by atoms with Crippen LogP contribution in [0.5, 0.6) is 0 Å². The van der Waals surface area contributed by atoms with Gasteiger partial charge in [0, 0.05) is 43.4 Å². The zero-order chi connectivity index (χ0) is 19.6. The molecule has 148 valence electrons. The van der Waals surface area contributed by atoms with E-state index in [4.69, 9.17) is 9.47 Å². The van der Waals surface area contributed by atoms with Crippen molar-refractivity contribution in [2.45, 2.75) is 71.7 Å². The molecular formula is C22H32N2O3. The number of methoxy groups -OCH3 is 1. The summed E-state index contributed by atoms with van der Waals surface area (Å²) in [5, 5.41) is 1.25. The van der Waals surface area contributed by atoms with Gasteiger partial charge in [0.05, 0.1) is 6.54 Å². The Kier molecular flexibility index (Phi) is 5.80. The second-order valence-corrected chi connectivity index (χ2v) is 8.50. The van der Waals surface area contributed by atoms with E-state index in [1.807, 2.05) is 25.7 Å². The van der Waals surface area contributed by atoms with Gasteiger partial charge in [-0.1, -0.05) is 12.1 Å². The summed E-state index contributed by atoms with van der Waals surface area (Å²) in [5.41, 5.74) is 3.18. The van der Waals surface area contributed by atoms with Crippen LogP contribution in [0.4, 0.5) is 4.79 Å². The number of carbonyl (C=O) groups excluding carboxylic acids is 1. The second-order valence-electron chi connectivity index (χ2n) is 8.50. The fourth-order valence-corrected chi connectivity index (χ4v) is 3.55. The van der Waals surface area contributed by atoms with Gasteiger partial charge in [-0.3, -0.25) is 0 Å². The molecule has 1 fully saturated rings. The lowest BCUT2D eigenvalue weighted by atomic mass is 10.1. The molecule has 5 nitrogen and oxygen atoms in total. The normalized spacial score (nSPS) is 14.6. The van der Waals surface area contributed by atoms with Crippen LogP contribution in [0.2, 0.25) is 0 Å². The summed E-state index contributed by atoms with van der Waals surface area (Å²) in [6.07, 6.45) is 5.08.